The molecule has 0 aromatic heterocycles. The molecule has 324 valence electrons. The lowest BCUT2D eigenvalue weighted by atomic mass is 10.0. The van der Waals surface area contributed by atoms with Crippen LogP contribution in [0.25, 0.3) is 0 Å². The standard InChI is InChI=1S/C41H56N3O13PS/c1-6-52-39(46)29(4)56-58(48,57-33-10-8-7-9-11-33)23-21-42-31-14-12-30(13-15-31)24-36(43-41(47)55-38-27-54-40-35(38)20-22-53-40)37(45)26-44(25-28(2)3)59(49,50)34-18-16-32(51-5)17-19-34/h7-19,28-29,35-38,40,42,45H,6,20-27H2,1-5H3,(H,43,47)/t29-,35+,36+,37-,38+,40-,58?/m1/s1. The van der Waals surface area contributed by atoms with Gasteiger partial charge in [0.05, 0.1) is 56.1 Å². The van der Waals surface area contributed by atoms with Crippen LogP contribution in [-0.4, -0.2) is 113 Å². The number of aliphatic hydroxyl groups is 1. The minimum Gasteiger partial charge on any atom is -0.497 e. The minimum absolute atomic E-state index is 0.0378. The first-order valence-electron chi connectivity index (χ1n) is 19.7. The van der Waals surface area contributed by atoms with Gasteiger partial charge in [-0.25, -0.2) is 22.6 Å². The van der Waals surface area contributed by atoms with E-state index in [1.54, 1.807) is 73.7 Å². The Morgan fingerprint density at radius 3 is 2.34 bits per heavy atom. The molecule has 3 aromatic carbocycles. The number of hydrogen-bond donors (Lipinski definition) is 3. The number of carbonyl (C=O) groups excluding carboxylic acids is 2. The average Bonchev–Trinajstić information content (AvgIpc) is 3.83. The molecule has 3 aromatic rings. The number of benzene rings is 3. The molecule has 59 heavy (non-hydrogen) atoms. The van der Waals surface area contributed by atoms with Gasteiger partial charge in [-0.15, -0.1) is 0 Å². The summed E-state index contributed by atoms with van der Waals surface area (Å²) in [4.78, 5) is 25.7. The number of anilines is 1. The van der Waals surface area contributed by atoms with Gasteiger partial charge in [0.2, 0.25) is 10.0 Å². The molecule has 1 unspecified atom stereocenters. The lowest BCUT2D eigenvalue weighted by Gasteiger charge is -2.31. The van der Waals surface area contributed by atoms with E-state index < -0.39 is 60.3 Å². The van der Waals surface area contributed by atoms with E-state index in [0.29, 0.717) is 35.8 Å². The highest BCUT2D eigenvalue weighted by atomic mass is 32.2. The van der Waals surface area contributed by atoms with Crippen LogP contribution in [0.15, 0.2) is 83.8 Å². The van der Waals surface area contributed by atoms with E-state index in [0.717, 1.165) is 0 Å². The molecular formula is C41H56N3O13PS. The molecule has 1 amide bonds. The fraction of sp³-hybridized carbons (Fsp3) is 0.512. The van der Waals surface area contributed by atoms with Gasteiger partial charge < -0.3 is 43.9 Å². The monoisotopic (exact) mass is 861 g/mol. The number of nitrogens with one attached hydrogen (secondary N) is 2. The van der Waals surface area contributed by atoms with Gasteiger partial charge in [0.15, 0.2) is 12.4 Å². The number of rotatable bonds is 22. The number of amides is 1. The van der Waals surface area contributed by atoms with Crippen molar-refractivity contribution in [3.05, 3.63) is 84.4 Å². The number of fused-ring (bicyclic) bond motifs is 1. The van der Waals surface area contributed by atoms with Gasteiger partial charge in [-0.2, -0.15) is 4.31 Å². The third kappa shape index (κ3) is 13.1. The van der Waals surface area contributed by atoms with Crippen molar-refractivity contribution in [2.45, 2.75) is 76.1 Å². The summed E-state index contributed by atoms with van der Waals surface area (Å²) in [5, 5.41) is 17.8. The Hall–Kier alpha value is -4.22. The number of nitrogens with zero attached hydrogens (tertiary/aromatic N) is 1. The molecule has 0 saturated carbocycles. The number of carbonyl (C=O) groups is 2. The average molecular weight is 862 g/mol. The highest BCUT2D eigenvalue weighted by molar-refractivity contribution is 7.89. The van der Waals surface area contributed by atoms with Crippen LogP contribution in [0.1, 0.15) is 39.7 Å². The summed E-state index contributed by atoms with van der Waals surface area (Å²) < 4.78 is 81.5. The Kier molecular flexibility index (Phi) is 16.6. The lowest BCUT2D eigenvalue weighted by molar-refractivity contribution is -0.150. The zero-order chi connectivity index (χ0) is 42.6. The second-order valence-electron chi connectivity index (χ2n) is 14.7. The first-order valence-corrected chi connectivity index (χ1v) is 22.9. The van der Waals surface area contributed by atoms with Crippen LogP contribution in [-0.2, 0) is 49.3 Å². The molecule has 0 spiro atoms. The van der Waals surface area contributed by atoms with Gasteiger partial charge >= 0.3 is 19.7 Å². The smallest absolute Gasteiger partial charge is 0.407 e. The van der Waals surface area contributed by atoms with Crippen molar-refractivity contribution in [1.82, 2.24) is 9.62 Å². The van der Waals surface area contributed by atoms with E-state index >= 15 is 0 Å². The topological polar surface area (TPSA) is 197 Å². The van der Waals surface area contributed by atoms with Crippen LogP contribution in [0.5, 0.6) is 11.5 Å². The molecule has 0 bridgehead atoms. The highest BCUT2D eigenvalue weighted by Gasteiger charge is 2.44. The van der Waals surface area contributed by atoms with E-state index in [1.807, 2.05) is 13.8 Å². The first kappa shape index (κ1) is 45.9. The van der Waals surface area contributed by atoms with Crippen LogP contribution < -0.4 is 19.9 Å². The number of sulfonamides is 1. The number of alkyl carbamates (subject to hydrolysis) is 1. The molecule has 2 fully saturated rings. The third-order valence-corrected chi connectivity index (χ3v) is 13.5. The van der Waals surface area contributed by atoms with Crippen molar-refractivity contribution in [3.8, 4) is 11.5 Å². The summed E-state index contributed by atoms with van der Waals surface area (Å²) in [6, 6.07) is 20.7. The number of esters is 1. The first-order chi connectivity index (χ1) is 28.2. The number of hydrogen-bond acceptors (Lipinski definition) is 14. The molecule has 2 aliphatic heterocycles. The van der Waals surface area contributed by atoms with Crippen molar-refractivity contribution in [2.24, 2.45) is 11.8 Å². The summed E-state index contributed by atoms with van der Waals surface area (Å²) in [5.74, 6) is -0.0217. The molecule has 0 aliphatic carbocycles. The number of para-hydroxylation sites is 1. The summed E-state index contributed by atoms with van der Waals surface area (Å²) >= 11 is 0. The van der Waals surface area contributed by atoms with Crippen LogP contribution >= 0.6 is 7.60 Å². The molecule has 5 rings (SSSR count). The SMILES string of the molecule is CCOC(=O)[C@@H](C)OP(=O)(CCNc1ccc(C[C@H](NC(=O)O[C@H]2CO[C@H]3OCC[C@H]32)[C@H](O)CN(CC(C)C)S(=O)(=O)c2ccc(OC)cc2)cc1)Oc1ccccc1. The van der Waals surface area contributed by atoms with Gasteiger partial charge in [-0.1, -0.05) is 44.2 Å². The molecule has 0 radical (unpaired) electrons. The highest BCUT2D eigenvalue weighted by Crippen LogP contribution is 2.49. The number of ether oxygens (including phenoxy) is 5. The van der Waals surface area contributed by atoms with Crippen molar-refractivity contribution in [3.63, 3.8) is 0 Å². The van der Waals surface area contributed by atoms with Crippen molar-refractivity contribution < 1.29 is 60.4 Å². The molecule has 2 heterocycles. The largest absolute Gasteiger partial charge is 0.497 e. The zero-order valence-electron chi connectivity index (χ0n) is 34.1. The number of methoxy groups -OCH3 is 1. The Morgan fingerprint density at radius 2 is 1.68 bits per heavy atom. The predicted octanol–water partition coefficient (Wildman–Crippen LogP) is 5.45. The zero-order valence-corrected chi connectivity index (χ0v) is 35.8. The van der Waals surface area contributed by atoms with Gasteiger partial charge in [-0.05, 0) is 86.7 Å². The summed E-state index contributed by atoms with van der Waals surface area (Å²) in [6.45, 7) is 7.64. The molecular weight excluding hydrogens is 805 g/mol. The van der Waals surface area contributed by atoms with Gasteiger partial charge in [-0.3, -0.25) is 4.52 Å². The van der Waals surface area contributed by atoms with E-state index in [-0.39, 0.29) is 62.2 Å². The maximum atomic E-state index is 13.9. The van der Waals surface area contributed by atoms with Gasteiger partial charge in [0, 0.05) is 25.3 Å². The van der Waals surface area contributed by atoms with Gasteiger partial charge in [0.25, 0.3) is 0 Å². The molecule has 16 nitrogen and oxygen atoms in total. The summed E-state index contributed by atoms with van der Waals surface area (Å²) in [5.41, 5.74) is 1.37. The predicted molar refractivity (Wildman–Crippen MR) is 219 cm³/mol. The van der Waals surface area contributed by atoms with Crippen molar-refractivity contribution >= 4 is 35.4 Å². The minimum atomic E-state index is -4.06. The lowest BCUT2D eigenvalue weighted by Crippen LogP contribution is -2.51. The normalized spacial score (nSPS) is 20.2. The maximum Gasteiger partial charge on any atom is 0.407 e. The second-order valence-corrected chi connectivity index (χ2v) is 18.7. The van der Waals surface area contributed by atoms with Crippen molar-refractivity contribution in [1.29, 1.82) is 0 Å². The quantitative estimate of drug-likeness (QED) is 0.0851. The molecule has 2 aliphatic rings. The van der Waals surface area contributed by atoms with Crippen LogP contribution in [0.4, 0.5) is 10.5 Å². The second kappa shape index (κ2) is 21.3. The van der Waals surface area contributed by atoms with Crippen LogP contribution in [0.2, 0.25) is 0 Å². The van der Waals surface area contributed by atoms with E-state index in [1.165, 1.54) is 30.5 Å². The molecule has 3 N–H and O–H groups in total. The van der Waals surface area contributed by atoms with Crippen molar-refractivity contribution in [2.75, 3.05) is 58.0 Å². The van der Waals surface area contributed by atoms with Crippen LogP contribution in [0, 0.1) is 11.8 Å². The Bertz CT molecular complexity index is 1950. The van der Waals surface area contributed by atoms with E-state index in [4.69, 9.17) is 32.7 Å². The maximum absolute atomic E-state index is 13.9. The van der Waals surface area contributed by atoms with Gasteiger partial charge in [0.1, 0.15) is 17.6 Å². The van der Waals surface area contributed by atoms with Crippen LogP contribution in [0.3, 0.4) is 0 Å². The summed E-state index contributed by atoms with van der Waals surface area (Å²) in [7, 11) is -6.42. The number of aliphatic hydroxyl groups excluding tert-OH is 1. The Morgan fingerprint density at radius 1 is 0.966 bits per heavy atom. The fourth-order valence-corrected chi connectivity index (χ4v) is 9.98. The van der Waals surface area contributed by atoms with E-state index in [9.17, 15) is 27.7 Å². The Labute approximate surface area is 346 Å². The molecule has 7 atom stereocenters. The fourth-order valence-electron chi connectivity index (χ4n) is 6.72. The Balaban J connectivity index is 1.29. The molecule has 2 saturated heterocycles. The van der Waals surface area contributed by atoms with E-state index in [2.05, 4.69) is 10.6 Å². The third-order valence-electron chi connectivity index (χ3n) is 9.72. The molecule has 18 heteroatoms. The summed E-state index contributed by atoms with van der Waals surface area (Å²) in [6.07, 6.45) is -3.51.